The Morgan fingerprint density at radius 1 is 1.12 bits per heavy atom. The van der Waals surface area contributed by atoms with Crippen LogP contribution in [0, 0.1) is 0 Å². The highest BCUT2D eigenvalue weighted by atomic mass is 35.5. The molecular formula is C14H16Cl2O. The zero-order chi connectivity index (χ0) is 12.7. The van der Waals surface area contributed by atoms with Crippen molar-refractivity contribution >= 4 is 29.0 Å². The number of carbonyl (C=O) groups is 1. The van der Waals surface area contributed by atoms with Gasteiger partial charge in [0.25, 0.3) is 0 Å². The average Bonchev–Trinajstić information content (AvgIpc) is 2.27. The van der Waals surface area contributed by atoms with Crippen molar-refractivity contribution in [2.75, 3.05) is 0 Å². The molecule has 0 saturated carbocycles. The fourth-order valence-electron chi connectivity index (χ4n) is 1.61. The molecule has 0 spiro atoms. The number of hydrogen-bond donors (Lipinski definition) is 0. The molecule has 0 saturated heterocycles. The van der Waals surface area contributed by atoms with Gasteiger partial charge in [-0.15, -0.1) is 6.58 Å². The number of hydrogen-bond acceptors (Lipinski definition) is 1. The van der Waals surface area contributed by atoms with E-state index in [1.165, 1.54) is 0 Å². The van der Waals surface area contributed by atoms with Crippen LogP contribution in [0.4, 0.5) is 0 Å². The molecule has 0 aliphatic carbocycles. The van der Waals surface area contributed by atoms with E-state index in [9.17, 15) is 4.79 Å². The molecule has 0 unspecified atom stereocenters. The van der Waals surface area contributed by atoms with Gasteiger partial charge in [0.1, 0.15) is 0 Å². The highest BCUT2D eigenvalue weighted by Crippen LogP contribution is 2.20. The molecule has 0 fully saturated rings. The number of Topliss-reactive ketones (excluding diaryl/α,β-unsaturated/α-hetero) is 1. The lowest BCUT2D eigenvalue weighted by atomic mass is 10.0. The van der Waals surface area contributed by atoms with Gasteiger partial charge in [-0.05, 0) is 37.5 Å². The van der Waals surface area contributed by atoms with E-state index < -0.39 is 0 Å². The number of halogens is 2. The van der Waals surface area contributed by atoms with Crippen molar-refractivity contribution in [1.82, 2.24) is 0 Å². The number of ketones is 1. The molecule has 3 heteroatoms. The fraction of sp³-hybridized carbons (Fsp3) is 0.357. The number of carbonyl (C=O) groups excluding carboxylic acids is 1. The minimum Gasteiger partial charge on any atom is -0.294 e. The second kappa shape index (κ2) is 7.52. The first-order valence-electron chi connectivity index (χ1n) is 5.73. The zero-order valence-electron chi connectivity index (χ0n) is 9.72. The standard InChI is InChI=1S/C14H16Cl2O/c1-2-3-4-5-6-7-14(17)11-8-12(15)10-13(16)9-11/h2,8-10H,1,3-7H2. The van der Waals surface area contributed by atoms with Gasteiger partial charge < -0.3 is 0 Å². The quantitative estimate of drug-likeness (QED) is 0.373. The first-order valence-corrected chi connectivity index (χ1v) is 6.49. The summed E-state index contributed by atoms with van der Waals surface area (Å²) in [6.07, 6.45) is 6.50. The molecule has 0 N–H and O–H groups in total. The van der Waals surface area contributed by atoms with E-state index >= 15 is 0 Å². The van der Waals surface area contributed by atoms with Crippen molar-refractivity contribution in [3.8, 4) is 0 Å². The maximum atomic E-state index is 11.8. The molecule has 1 aromatic rings. The normalized spacial score (nSPS) is 10.2. The Morgan fingerprint density at radius 3 is 2.35 bits per heavy atom. The number of rotatable bonds is 7. The lowest BCUT2D eigenvalue weighted by Crippen LogP contribution is -1.98. The van der Waals surface area contributed by atoms with E-state index in [2.05, 4.69) is 6.58 Å². The lowest BCUT2D eigenvalue weighted by Gasteiger charge is -2.02. The van der Waals surface area contributed by atoms with Crippen molar-refractivity contribution in [1.29, 1.82) is 0 Å². The van der Waals surface area contributed by atoms with Crippen LogP contribution in [0.2, 0.25) is 10.0 Å². The summed E-state index contributed by atoms with van der Waals surface area (Å²) < 4.78 is 0. The molecule has 92 valence electrons. The van der Waals surface area contributed by atoms with Gasteiger partial charge >= 0.3 is 0 Å². The van der Waals surface area contributed by atoms with E-state index in [-0.39, 0.29) is 5.78 Å². The maximum Gasteiger partial charge on any atom is 0.162 e. The van der Waals surface area contributed by atoms with E-state index in [0.717, 1.165) is 25.7 Å². The van der Waals surface area contributed by atoms with Gasteiger partial charge in [-0.3, -0.25) is 4.79 Å². The Balaban J connectivity index is 2.44. The average molecular weight is 271 g/mol. The number of benzene rings is 1. The molecule has 0 bridgehead atoms. The summed E-state index contributed by atoms with van der Waals surface area (Å²) in [5, 5.41) is 1.01. The number of allylic oxidation sites excluding steroid dienone is 1. The Bertz CT molecular complexity index is 379. The monoisotopic (exact) mass is 270 g/mol. The second-order valence-corrected chi connectivity index (χ2v) is 4.84. The molecule has 0 atom stereocenters. The molecule has 0 amide bonds. The first-order chi connectivity index (χ1) is 8.13. The molecule has 17 heavy (non-hydrogen) atoms. The molecule has 0 aliphatic heterocycles. The summed E-state index contributed by atoms with van der Waals surface area (Å²) in [4.78, 5) is 11.8. The van der Waals surface area contributed by atoms with E-state index in [4.69, 9.17) is 23.2 Å². The van der Waals surface area contributed by atoms with Gasteiger partial charge in [0.05, 0.1) is 0 Å². The largest absolute Gasteiger partial charge is 0.294 e. The van der Waals surface area contributed by atoms with Crippen LogP contribution in [0.1, 0.15) is 42.5 Å². The van der Waals surface area contributed by atoms with Gasteiger partial charge in [-0.25, -0.2) is 0 Å². The Morgan fingerprint density at radius 2 is 1.76 bits per heavy atom. The third kappa shape index (κ3) is 5.38. The van der Waals surface area contributed by atoms with Crippen LogP contribution >= 0.6 is 23.2 Å². The van der Waals surface area contributed by atoms with Crippen LogP contribution in [0.25, 0.3) is 0 Å². The number of unbranched alkanes of at least 4 members (excludes halogenated alkanes) is 3. The lowest BCUT2D eigenvalue weighted by molar-refractivity contribution is 0.0979. The zero-order valence-corrected chi connectivity index (χ0v) is 11.2. The smallest absolute Gasteiger partial charge is 0.162 e. The van der Waals surface area contributed by atoms with Crippen LogP contribution in [0.5, 0.6) is 0 Å². The Kier molecular flexibility index (Phi) is 6.31. The molecule has 1 rings (SSSR count). The van der Waals surface area contributed by atoms with E-state index in [1.54, 1.807) is 18.2 Å². The predicted octanol–water partition coefficient (Wildman–Crippen LogP) is 5.31. The molecule has 1 nitrogen and oxygen atoms in total. The SMILES string of the molecule is C=CCCCCCC(=O)c1cc(Cl)cc(Cl)c1. The van der Waals surface area contributed by atoms with Crippen LogP contribution < -0.4 is 0 Å². The van der Waals surface area contributed by atoms with Gasteiger partial charge in [0, 0.05) is 22.0 Å². The summed E-state index contributed by atoms with van der Waals surface area (Å²) in [5.74, 6) is 0.105. The van der Waals surface area contributed by atoms with Crippen molar-refractivity contribution in [3.05, 3.63) is 46.5 Å². The molecular weight excluding hydrogens is 255 g/mol. The molecule has 0 heterocycles. The van der Waals surface area contributed by atoms with Gasteiger partial charge in [-0.2, -0.15) is 0 Å². The fourth-order valence-corrected chi connectivity index (χ4v) is 2.14. The highest BCUT2D eigenvalue weighted by molar-refractivity contribution is 6.35. The summed E-state index contributed by atoms with van der Waals surface area (Å²) >= 11 is 11.7. The maximum absolute atomic E-state index is 11.8. The molecule has 0 aliphatic rings. The molecule has 0 radical (unpaired) electrons. The van der Waals surface area contributed by atoms with Crippen LogP contribution in [0.15, 0.2) is 30.9 Å². The highest BCUT2D eigenvalue weighted by Gasteiger charge is 2.07. The summed E-state index contributed by atoms with van der Waals surface area (Å²) in [6, 6.07) is 4.96. The second-order valence-electron chi connectivity index (χ2n) is 3.97. The minimum absolute atomic E-state index is 0.105. The van der Waals surface area contributed by atoms with Gasteiger partial charge in [0.2, 0.25) is 0 Å². The predicted molar refractivity (Wildman–Crippen MR) is 74.1 cm³/mol. The van der Waals surface area contributed by atoms with Crippen molar-refractivity contribution in [2.24, 2.45) is 0 Å². The Labute approximate surface area is 112 Å². The van der Waals surface area contributed by atoms with Crippen molar-refractivity contribution < 1.29 is 4.79 Å². The molecule has 1 aromatic carbocycles. The van der Waals surface area contributed by atoms with E-state index in [1.807, 2.05) is 6.08 Å². The topological polar surface area (TPSA) is 17.1 Å². The molecule has 0 aromatic heterocycles. The minimum atomic E-state index is 0.105. The summed E-state index contributed by atoms with van der Waals surface area (Å²) in [7, 11) is 0. The summed E-state index contributed by atoms with van der Waals surface area (Å²) in [5.41, 5.74) is 0.603. The van der Waals surface area contributed by atoms with Gasteiger partial charge in [0.15, 0.2) is 5.78 Å². The summed E-state index contributed by atoms with van der Waals surface area (Å²) in [6.45, 7) is 3.66. The van der Waals surface area contributed by atoms with Crippen LogP contribution in [0.3, 0.4) is 0 Å². The van der Waals surface area contributed by atoms with Gasteiger partial charge in [-0.1, -0.05) is 35.7 Å². The first kappa shape index (κ1) is 14.3. The van der Waals surface area contributed by atoms with Crippen LogP contribution in [-0.2, 0) is 0 Å². The third-order valence-corrected chi connectivity index (χ3v) is 2.93. The third-order valence-electron chi connectivity index (χ3n) is 2.50. The van der Waals surface area contributed by atoms with Crippen LogP contribution in [-0.4, -0.2) is 5.78 Å². The van der Waals surface area contributed by atoms with Crippen molar-refractivity contribution in [2.45, 2.75) is 32.1 Å². The Hall–Kier alpha value is -0.790. The van der Waals surface area contributed by atoms with Crippen molar-refractivity contribution in [3.63, 3.8) is 0 Å². The van der Waals surface area contributed by atoms with E-state index in [0.29, 0.717) is 22.0 Å².